The molecule has 0 spiro atoms. The molecule has 0 fully saturated rings. The molecule has 0 saturated heterocycles. The minimum absolute atomic E-state index is 0.589. The average molecular weight is 201 g/mol. The maximum Gasteiger partial charge on any atom is 0.0659 e. The molecule has 2 rings (SSSR count). The zero-order valence-corrected chi connectivity index (χ0v) is 8.85. The fourth-order valence-electron chi connectivity index (χ4n) is 1.60. The van der Waals surface area contributed by atoms with Gasteiger partial charge in [0.25, 0.3) is 0 Å². The third kappa shape index (κ3) is 2.44. The van der Waals surface area contributed by atoms with Crippen LogP contribution < -0.4 is 5.73 Å². The monoisotopic (exact) mass is 201 g/mol. The van der Waals surface area contributed by atoms with E-state index in [9.17, 15) is 0 Å². The van der Waals surface area contributed by atoms with Crippen LogP contribution >= 0.6 is 0 Å². The Morgan fingerprint density at radius 2 is 2.13 bits per heavy atom. The summed E-state index contributed by atoms with van der Waals surface area (Å²) in [5, 5.41) is 4.25. The van der Waals surface area contributed by atoms with Crippen LogP contribution in [-0.4, -0.2) is 9.78 Å². The van der Waals surface area contributed by atoms with Crippen LogP contribution in [0.1, 0.15) is 16.7 Å². The second-order valence-electron chi connectivity index (χ2n) is 3.74. The van der Waals surface area contributed by atoms with E-state index in [1.54, 1.807) is 0 Å². The maximum absolute atomic E-state index is 5.59. The Hall–Kier alpha value is -1.61. The molecular formula is C12H15N3. The van der Waals surface area contributed by atoms with E-state index in [-0.39, 0.29) is 0 Å². The summed E-state index contributed by atoms with van der Waals surface area (Å²) < 4.78 is 1.94. The van der Waals surface area contributed by atoms with Crippen molar-refractivity contribution in [2.75, 3.05) is 0 Å². The van der Waals surface area contributed by atoms with Gasteiger partial charge in [0.1, 0.15) is 0 Å². The minimum Gasteiger partial charge on any atom is -0.326 e. The molecule has 0 unspecified atom stereocenters. The van der Waals surface area contributed by atoms with Gasteiger partial charge in [-0.1, -0.05) is 24.3 Å². The highest BCUT2D eigenvalue weighted by Crippen LogP contribution is 2.06. The number of aromatic nitrogens is 2. The van der Waals surface area contributed by atoms with Gasteiger partial charge in [0, 0.05) is 12.7 Å². The summed E-state index contributed by atoms with van der Waals surface area (Å²) >= 11 is 0. The Bertz CT molecular complexity index is 446. The number of hydrogen-bond acceptors (Lipinski definition) is 2. The van der Waals surface area contributed by atoms with E-state index in [1.807, 2.05) is 36.1 Å². The number of hydrogen-bond donors (Lipinski definition) is 1. The molecule has 0 aliphatic rings. The standard InChI is InChI=1S/C12H15N3/c1-10-7-14-15(8-10)9-12-4-2-3-11(5-12)6-13/h2-5,7-8H,6,9,13H2,1H3. The second kappa shape index (κ2) is 4.28. The molecule has 1 aromatic heterocycles. The molecule has 0 amide bonds. The van der Waals surface area contributed by atoms with Gasteiger partial charge >= 0.3 is 0 Å². The van der Waals surface area contributed by atoms with Crippen molar-refractivity contribution in [3.05, 3.63) is 53.3 Å². The summed E-state index contributed by atoms with van der Waals surface area (Å²) in [6, 6.07) is 8.29. The minimum atomic E-state index is 0.589. The number of rotatable bonds is 3. The van der Waals surface area contributed by atoms with Crippen LogP contribution in [0.4, 0.5) is 0 Å². The van der Waals surface area contributed by atoms with Gasteiger partial charge in [0.2, 0.25) is 0 Å². The van der Waals surface area contributed by atoms with Gasteiger partial charge < -0.3 is 5.73 Å². The molecule has 3 nitrogen and oxygen atoms in total. The molecule has 0 bridgehead atoms. The summed E-state index contributed by atoms with van der Waals surface area (Å²) in [7, 11) is 0. The lowest BCUT2D eigenvalue weighted by Crippen LogP contribution is -2.02. The molecule has 1 aromatic carbocycles. The molecule has 3 heteroatoms. The maximum atomic E-state index is 5.59. The van der Waals surface area contributed by atoms with Gasteiger partial charge in [0.05, 0.1) is 12.7 Å². The van der Waals surface area contributed by atoms with Gasteiger partial charge in [0.15, 0.2) is 0 Å². The van der Waals surface area contributed by atoms with Crippen LogP contribution in [0.5, 0.6) is 0 Å². The fraction of sp³-hybridized carbons (Fsp3) is 0.250. The van der Waals surface area contributed by atoms with Crippen LogP contribution in [-0.2, 0) is 13.1 Å². The lowest BCUT2D eigenvalue weighted by atomic mass is 10.1. The Morgan fingerprint density at radius 1 is 1.33 bits per heavy atom. The molecular weight excluding hydrogens is 186 g/mol. The molecule has 0 atom stereocenters. The normalized spacial score (nSPS) is 10.5. The molecule has 0 radical (unpaired) electrons. The second-order valence-corrected chi connectivity index (χ2v) is 3.74. The SMILES string of the molecule is Cc1cnn(Cc2cccc(CN)c2)c1. The first kappa shape index (κ1) is 9.93. The van der Waals surface area contributed by atoms with Crippen molar-refractivity contribution >= 4 is 0 Å². The van der Waals surface area contributed by atoms with Crippen molar-refractivity contribution in [2.45, 2.75) is 20.0 Å². The van der Waals surface area contributed by atoms with Crippen LogP contribution in [0, 0.1) is 6.92 Å². The van der Waals surface area contributed by atoms with E-state index >= 15 is 0 Å². The van der Waals surface area contributed by atoms with E-state index in [1.165, 1.54) is 11.1 Å². The summed E-state index contributed by atoms with van der Waals surface area (Å²) in [6.45, 7) is 3.44. The first-order valence-corrected chi connectivity index (χ1v) is 5.05. The predicted octanol–water partition coefficient (Wildman–Crippen LogP) is 1.70. The molecule has 15 heavy (non-hydrogen) atoms. The van der Waals surface area contributed by atoms with E-state index < -0.39 is 0 Å². The highest BCUT2D eigenvalue weighted by Gasteiger charge is 1.97. The first-order chi connectivity index (χ1) is 7.28. The molecule has 0 saturated carbocycles. The average Bonchev–Trinajstić information content (AvgIpc) is 2.64. The van der Waals surface area contributed by atoms with Crippen LogP contribution in [0.25, 0.3) is 0 Å². The van der Waals surface area contributed by atoms with Crippen molar-refractivity contribution in [3.8, 4) is 0 Å². The molecule has 2 aromatic rings. The summed E-state index contributed by atoms with van der Waals surface area (Å²) in [5.41, 5.74) is 9.18. The van der Waals surface area contributed by atoms with Crippen LogP contribution in [0.15, 0.2) is 36.7 Å². The third-order valence-corrected chi connectivity index (χ3v) is 2.33. The number of nitrogens with two attached hydrogens (primary N) is 1. The Kier molecular flexibility index (Phi) is 2.83. The van der Waals surface area contributed by atoms with E-state index in [4.69, 9.17) is 5.73 Å². The smallest absolute Gasteiger partial charge is 0.0659 e. The van der Waals surface area contributed by atoms with Crippen molar-refractivity contribution in [3.63, 3.8) is 0 Å². The highest BCUT2D eigenvalue weighted by molar-refractivity contribution is 5.23. The molecule has 78 valence electrons. The first-order valence-electron chi connectivity index (χ1n) is 5.05. The van der Waals surface area contributed by atoms with Crippen molar-refractivity contribution in [1.29, 1.82) is 0 Å². The summed E-state index contributed by atoms with van der Waals surface area (Å²) in [6.07, 6.45) is 3.90. The van der Waals surface area contributed by atoms with E-state index in [2.05, 4.69) is 17.2 Å². The fourth-order valence-corrected chi connectivity index (χ4v) is 1.60. The van der Waals surface area contributed by atoms with Crippen molar-refractivity contribution < 1.29 is 0 Å². The van der Waals surface area contributed by atoms with Gasteiger partial charge in [-0.25, -0.2) is 0 Å². The Labute approximate surface area is 89.5 Å². The zero-order valence-electron chi connectivity index (χ0n) is 8.85. The number of benzene rings is 1. The van der Waals surface area contributed by atoms with Gasteiger partial charge in [-0.05, 0) is 23.6 Å². The lowest BCUT2D eigenvalue weighted by molar-refractivity contribution is 0.685. The molecule has 0 aliphatic heterocycles. The largest absolute Gasteiger partial charge is 0.326 e. The van der Waals surface area contributed by atoms with Crippen LogP contribution in [0.2, 0.25) is 0 Å². The van der Waals surface area contributed by atoms with Crippen molar-refractivity contribution in [1.82, 2.24) is 9.78 Å². The summed E-state index contributed by atoms with van der Waals surface area (Å²) in [4.78, 5) is 0. The zero-order chi connectivity index (χ0) is 10.7. The number of aryl methyl sites for hydroxylation is 1. The molecule has 2 N–H and O–H groups in total. The van der Waals surface area contributed by atoms with Crippen molar-refractivity contribution in [2.24, 2.45) is 5.73 Å². The predicted molar refractivity (Wildman–Crippen MR) is 60.4 cm³/mol. The summed E-state index contributed by atoms with van der Waals surface area (Å²) in [5.74, 6) is 0. The third-order valence-electron chi connectivity index (χ3n) is 2.33. The Morgan fingerprint density at radius 3 is 2.80 bits per heavy atom. The topological polar surface area (TPSA) is 43.8 Å². The van der Waals surface area contributed by atoms with Gasteiger partial charge in [-0.3, -0.25) is 4.68 Å². The van der Waals surface area contributed by atoms with Crippen LogP contribution in [0.3, 0.4) is 0 Å². The lowest BCUT2D eigenvalue weighted by Gasteiger charge is -2.03. The molecule has 0 aliphatic carbocycles. The number of nitrogens with zero attached hydrogens (tertiary/aromatic N) is 2. The Balaban J connectivity index is 2.16. The van der Waals surface area contributed by atoms with Gasteiger partial charge in [-0.15, -0.1) is 0 Å². The van der Waals surface area contributed by atoms with Gasteiger partial charge in [-0.2, -0.15) is 5.10 Å². The van der Waals surface area contributed by atoms with E-state index in [0.717, 1.165) is 12.1 Å². The highest BCUT2D eigenvalue weighted by atomic mass is 15.3. The quantitative estimate of drug-likeness (QED) is 0.821. The van der Waals surface area contributed by atoms with E-state index in [0.29, 0.717) is 6.54 Å². The molecule has 1 heterocycles.